The van der Waals surface area contributed by atoms with Gasteiger partial charge in [0.25, 0.3) is 0 Å². The highest BCUT2D eigenvalue weighted by Gasteiger charge is 2.20. The van der Waals surface area contributed by atoms with E-state index in [1.165, 1.54) is 16.7 Å². The number of hydrogen-bond donors (Lipinski definition) is 0. The number of fused-ring (bicyclic) bond motifs is 1. The van der Waals surface area contributed by atoms with Crippen molar-refractivity contribution in [2.45, 2.75) is 19.4 Å². The lowest BCUT2D eigenvalue weighted by molar-refractivity contribution is 0.247. The molecule has 0 bridgehead atoms. The van der Waals surface area contributed by atoms with Gasteiger partial charge in [-0.05, 0) is 37.1 Å². The molecule has 18 heavy (non-hydrogen) atoms. The summed E-state index contributed by atoms with van der Waals surface area (Å²) in [5.41, 5.74) is 5.21. The van der Waals surface area contributed by atoms with Crippen molar-refractivity contribution >= 4 is 0 Å². The summed E-state index contributed by atoms with van der Waals surface area (Å²) in [6.45, 7) is 3.40. The Bertz CT molecular complexity index is 551. The van der Waals surface area contributed by atoms with Crippen LogP contribution < -0.4 is 0 Å². The first kappa shape index (κ1) is 11.4. The first-order valence-electron chi connectivity index (χ1n) is 6.34. The highest BCUT2D eigenvalue weighted by atomic mass is 15.1. The van der Waals surface area contributed by atoms with Gasteiger partial charge in [0.2, 0.25) is 0 Å². The SMILES string of the molecule is CC1c2ccc(-c3cncnc3)cc2CCN1C. The van der Waals surface area contributed by atoms with E-state index in [1.54, 1.807) is 6.33 Å². The Morgan fingerprint density at radius 2 is 1.94 bits per heavy atom. The Morgan fingerprint density at radius 3 is 2.72 bits per heavy atom. The summed E-state index contributed by atoms with van der Waals surface area (Å²) in [5.74, 6) is 0. The molecule has 2 aromatic rings. The molecule has 1 aliphatic rings. The maximum atomic E-state index is 4.08. The molecule has 3 rings (SSSR count). The normalized spacial score (nSPS) is 19.6. The van der Waals surface area contributed by atoms with E-state index in [0.29, 0.717) is 6.04 Å². The van der Waals surface area contributed by atoms with Crippen LogP contribution in [0.15, 0.2) is 36.9 Å². The predicted molar refractivity (Wildman–Crippen MR) is 72.2 cm³/mol. The van der Waals surface area contributed by atoms with Crippen LogP contribution in [0.3, 0.4) is 0 Å². The molecule has 0 saturated carbocycles. The van der Waals surface area contributed by atoms with Crippen LogP contribution in [-0.2, 0) is 6.42 Å². The monoisotopic (exact) mass is 239 g/mol. The summed E-state index contributed by atoms with van der Waals surface area (Å²) in [7, 11) is 2.19. The van der Waals surface area contributed by atoms with Gasteiger partial charge in [-0.25, -0.2) is 9.97 Å². The fraction of sp³-hybridized carbons (Fsp3) is 0.333. The molecule has 1 atom stereocenters. The maximum absolute atomic E-state index is 4.08. The fourth-order valence-electron chi connectivity index (χ4n) is 2.59. The number of hydrogen-bond acceptors (Lipinski definition) is 3. The summed E-state index contributed by atoms with van der Waals surface area (Å²) >= 11 is 0. The standard InChI is InChI=1S/C15H17N3/c1-11-15-4-3-12(14-8-16-10-17-9-14)7-13(15)5-6-18(11)2/h3-4,7-11H,5-6H2,1-2H3. The number of nitrogens with zero attached hydrogens (tertiary/aromatic N) is 3. The van der Waals surface area contributed by atoms with E-state index in [2.05, 4.69) is 47.0 Å². The second kappa shape index (κ2) is 4.50. The van der Waals surface area contributed by atoms with Gasteiger partial charge in [-0.2, -0.15) is 0 Å². The lowest BCUT2D eigenvalue weighted by atomic mass is 9.91. The minimum Gasteiger partial charge on any atom is -0.299 e. The van der Waals surface area contributed by atoms with Crippen molar-refractivity contribution in [3.63, 3.8) is 0 Å². The smallest absolute Gasteiger partial charge is 0.115 e. The van der Waals surface area contributed by atoms with E-state index in [0.717, 1.165) is 18.5 Å². The van der Waals surface area contributed by atoms with Crippen molar-refractivity contribution in [3.8, 4) is 11.1 Å². The number of rotatable bonds is 1. The fourth-order valence-corrected chi connectivity index (χ4v) is 2.59. The van der Waals surface area contributed by atoms with Crippen molar-refractivity contribution in [2.75, 3.05) is 13.6 Å². The van der Waals surface area contributed by atoms with Crippen LogP contribution in [0, 0.1) is 0 Å². The van der Waals surface area contributed by atoms with Crippen LogP contribution in [-0.4, -0.2) is 28.5 Å². The van der Waals surface area contributed by atoms with Gasteiger partial charge in [-0.3, -0.25) is 4.90 Å². The largest absolute Gasteiger partial charge is 0.299 e. The first-order chi connectivity index (χ1) is 8.75. The molecule has 0 saturated heterocycles. The molecule has 2 heterocycles. The molecule has 3 heteroatoms. The molecule has 92 valence electrons. The average Bonchev–Trinajstić information content (AvgIpc) is 2.44. The zero-order valence-corrected chi connectivity index (χ0v) is 10.8. The topological polar surface area (TPSA) is 29.0 Å². The minimum absolute atomic E-state index is 0.509. The van der Waals surface area contributed by atoms with Crippen LogP contribution in [0.25, 0.3) is 11.1 Å². The van der Waals surface area contributed by atoms with Crippen molar-refractivity contribution in [3.05, 3.63) is 48.0 Å². The van der Waals surface area contributed by atoms with E-state index in [1.807, 2.05) is 12.4 Å². The number of benzene rings is 1. The van der Waals surface area contributed by atoms with Crippen molar-refractivity contribution in [1.82, 2.24) is 14.9 Å². The molecule has 0 spiro atoms. The van der Waals surface area contributed by atoms with Gasteiger partial charge in [0.1, 0.15) is 6.33 Å². The van der Waals surface area contributed by atoms with Gasteiger partial charge in [-0.1, -0.05) is 18.2 Å². The molecular formula is C15H17N3. The molecule has 1 aliphatic heterocycles. The number of aromatic nitrogens is 2. The van der Waals surface area contributed by atoms with Crippen molar-refractivity contribution in [2.24, 2.45) is 0 Å². The van der Waals surface area contributed by atoms with Gasteiger partial charge < -0.3 is 0 Å². The molecule has 1 aromatic heterocycles. The van der Waals surface area contributed by atoms with E-state index in [-0.39, 0.29) is 0 Å². The van der Waals surface area contributed by atoms with E-state index in [4.69, 9.17) is 0 Å². The molecule has 0 fully saturated rings. The van der Waals surface area contributed by atoms with Gasteiger partial charge in [0, 0.05) is 30.5 Å². The van der Waals surface area contributed by atoms with Gasteiger partial charge in [-0.15, -0.1) is 0 Å². The molecule has 1 unspecified atom stereocenters. The maximum Gasteiger partial charge on any atom is 0.115 e. The lowest BCUT2D eigenvalue weighted by Crippen LogP contribution is -2.30. The Morgan fingerprint density at radius 1 is 1.17 bits per heavy atom. The predicted octanol–water partition coefficient (Wildman–Crippen LogP) is 2.69. The zero-order valence-electron chi connectivity index (χ0n) is 10.8. The first-order valence-corrected chi connectivity index (χ1v) is 6.34. The van der Waals surface area contributed by atoms with E-state index in [9.17, 15) is 0 Å². The highest BCUT2D eigenvalue weighted by molar-refractivity contribution is 5.63. The minimum atomic E-state index is 0.509. The molecule has 0 radical (unpaired) electrons. The van der Waals surface area contributed by atoms with Crippen LogP contribution >= 0.6 is 0 Å². The van der Waals surface area contributed by atoms with Crippen LogP contribution in [0.5, 0.6) is 0 Å². The van der Waals surface area contributed by atoms with E-state index < -0.39 is 0 Å². The third-order valence-corrected chi connectivity index (χ3v) is 3.88. The van der Waals surface area contributed by atoms with Gasteiger partial charge in [0.05, 0.1) is 0 Å². The summed E-state index contributed by atoms with van der Waals surface area (Å²) in [5, 5.41) is 0. The van der Waals surface area contributed by atoms with Crippen molar-refractivity contribution < 1.29 is 0 Å². The van der Waals surface area contributed by atoms with Gasteiger partial charge in [0.15, 0.2) is 0 Å². The average molecular weight is 239 g/mol. The number of likely N-dealkylation sites (N-methyl/N-ethyl adjacent to an activating group) is 1. The quantitative estimate of drug-likeness (QED) is 0.766. The zero-order chi connectivity index (χ0) is 12.5. The Hall–Kier alpha value is -1.74. The Balaban J connectivity index is 2.02. The third-order valence-electron chi connectivity index (χ3n) is 3.88. The molecule has 0 aliphatic carbocycles. The van der Waals surface area contributed by atoms with Crippen LogP contribution in [0.1, 0.15) is 24.1 Å². The van der Waals surface area contributed by atoms with E-state index >= 15 is 0 Å². The lowest BCUT2D eigenvalue weighted by Gasteiger charge is -2.32. The Kier molecular flexibility index (Phi) is 2.84. The highest BCUT2D eigenvalue weighted by Crippen LogP contribution is 2.31. The second-order valence-electron chi connectivity index (χ2n) is 4.95. The molecule has 1 aromatic carbocycles. The third kappa shape index (κ3) is 1.91. The summed E-state index contributed by atoms with van der Waals surface area (Å²) < 4.78 is 0. The van der Waals surface area contributed by atoms with Gasteiger partial charge >= 0.3 is 0 Å². The Labute approximate surface area is 108 Å². The summed E-state index contributed by atoms with van der Waals surface area (Å²) in [4.78, 5) is 10.6. The molecule has 0 amide bonds. The molecule has 0 N–H and O–H groups in total. The molecular weight excluding hydrogens is 222 g/mol. The van der Waals surface area contributed by atoms with Crippen LogP contribution in [0.4, 0.5) is 0 Å². The summed E-state index contributed by atoms with van der Waals surface area (Å²) in [6.07, 6.45) is 6.43. The van der Waals surface area contributed by atoms with Crippen LogP contribution in [0.2, 0.25) is 0 Å². The van der Waals surface area contributed by atoms with Crippen molar-refractivity contribution in [1.29, 1.82) is 0 Å². The molecule has 3 nitrogen and oxygen atoms in total. The second-order valence-corrected chi connectivity index (χ2v) is 4.95. The summed E-state index contributed by atoms with van der Waals surface area (Å²) in [6, 6.07) is 7.22.